The Morgan fingerprint density at radius 2 is 1.88 bits per heavy atom. The first-order valence-electron chi connectivity index (χ1n) is 8.82. The molecule has 2 aromatic carbocycles. The molecule has 4 rings (SSSR count). The summed E-state index contributed by atoms with van der Waals surface area (Å²) < 4.78 is 7.43. The number of morpholine rings is 1. The van der Waals surface area contributed by atoms with Gasteiger partial charge >= 0.3 is 0 Å². The molecule has 1 amide bonds. The zero-order valence-corrected chi connectivity index (χ0v) is 14.5. The number of hydrogen-bond acceptors (Lipinski definition) is 3. The third kappa shape index (κ3) is 3.53. The van der Waals surface area contributed by atoms with Gasteiger partial charge in [0.25, 0.3) is 0 Å². The van der Waals surface area contributed by atoms with Gasteiger partial charge in [-0.15, -0.1) is 0 Å². The third-order valence-electron chi connectivity index (χ3n) is 4.69. The fraction of sp³-hybridized carbons (Fsp3) is 0.238. The molecule has 3 aromatic rings. The summed E-state index contributed by atoms with van der Waals surface area (Å²) in [5.74, 6) is 0.133. The minimum atomic E-state index is -0.0132. The van der Waals surface area contributed by atoms with Crippen molar-refractivity contribution in [3.8, 4) is 5.69 Å². The summed E-state index contributed by atoms with van der Waals surface area (Å²) in [4.78, 5) is 14.9. The van der Waals surface area contributed by atoms with Crippen molar-refractivity contribution in [2.75, 3.05) is 19.8 Å². The first-order chi connectivity index (χ1) is 12.8. The van der Waals surface area contributed by atoms with Crippen LogP contribution in [0.1, 0.15) is 17.2 Å². The van der Waals surface area contributed by atoms with Gasteiger partial charge in [-0.05, 0) is 29.3 Å². The van der Waals surface area contributed by atoms with Crippen LogP contribution >= 0.6 is 0 Å². The Labute approximate surface area is 152 Å². The summed E-state index contributed by atoms with van der Waals surface area (Å²) in [6.45, 7) is 1.77. The lowest BCUT2D eigenvalue weighted by Crippen LogP contribution is -2.44. The minimum Gasteiger partial charge on any atom is -0.377 e. The van der Waals surface area contributed by atoms with E-state index >= 15 is 0 Å². The van der Waals surface area contributed by atoms with Gasteiger partial charge in [0.2, 0.25) is 5.91 Å². The van der Waals surface area contributed by atoms with E-state index in [2.05, 4.69) is 17.2 Å². The number of carbonyl (C=O) groups excluding carboxylic acids is 1. The molecule has 0 unspecified atom stereocenters. The zero-order chi connectivity index (χ0) is 17.8. The Morgan fingerprint density at radius 1 is 1.08 bits per heavy atom. The predicted octanol–water partition coefficient (Wildman–Crippen LogP) is 3.01. The van der Waals surface area contributed by atoms with Gasteiger partial charge in [-0.25, -0.2) is 4.68 Å². The predicted molar refractivity (Wildman–Crippen MR) is 99.0 cm³/mol. The Hall–Kier alpha value is -2.92. The molecule has 26 heavy (non-hydrogen) atoms. The molecule has 1 atom stereocenters. The van der Waals surface area contributed by atoms with Crippen molar-refractivity contribution in [1.29, 1.82) is 0 Å². The number of rotatable bonds is 4. The van der Waals surface area contributed by atoms with Gasteiger partial charge in [0.05, 0.1) is 31.4 Å². The van der Waals surface area contributed by atoms with Crippen LogP contribution in [0.2, 0.25) is 0 Å². The second-order valence-corrected chi connectivity index (χ2v) is 6.38. The van der Waals surface area contributed by atoms with Crippen LogP contribution in [-0.2, 0) is 16.0 Å². The smallest absolute Gasteiger partial charge is 0.227 e. The summed E-state index contributed by atoms with van der Waals surface area (Å²) in [5.41, 5.74) is 3.11. The SMILES string of the molecule is O=C(Cc1ccc(-n2cccn2)cc1)N1CCOC[C@@H]1c1ccccc1. The molecule has 0 aliphatic carbocycles. The first kappa shape index (κ1) is 16.5. The van der Waals surface area contributed by atoms with E-state index in [1.807, 2.05) is 59.6 Å². The maximum Gasteiger partial charge on any atom is 0.227 e. The van der Waals surface area contributed by atoms with E-state index in [0.717, 1.165) is 16.8 Å². The first-order valence-corrected chi connectivity index (χ1v) is 8.82. The van der Waals surface area contributed by atoms with E-state index in [-0.39, 0.29) is 11.9 Å². The van der Waals surface area contributed by atoms with E-state index in [1.165, 1.54) is 0 Å². The molecule has 2 heterocycles. The van der Waals surface area contributed by atoms with Gasteiger partial charge in [0.15, 0.2) is 0 Å². The molecule has 1 fully saturated rings. The number of aromatic nitrogens is 2. The topological polar surface area (TPSA) is 47.4 Å². The lowest BCUT2D eigenvalue weighted by molar-refractivity contribution is -0.139. The Kier molecular flexibility index (Phi) is 4.80. The van der Waals surface area contributed by atoms with E-state index in [9.17, 15) is 4.79 Å². The van der Waals surface area contributed by atoms with Crippen LogP contribution in [0.3, 0.4) is 0 Å². The van der Waals surface area contributed by atoms with E-state index in [0.29, 0.717) is 26.2 Å². The molecule has 0 spiro atoms. The highest BCUT2D eigenvalue weighted by Crippen LogP contribution is 2.25. The van der Waals surface area contributed by atoms with Crippen molar-refractivity contribution in [1.82, 2.24) is 14.7 Å². The molecule has 132 valence electrons. The molecule has 1 aromatic heterocycles. The second kappa shape index (κ2) is 7.54. The van der Waals surface area contributed by atoms with Crippen LogP contribution < -0.4 is 0 Å². The summed E-state index contributed by atoms with van der Waals surface area (Å²) in [5, 5.41) is 4.22. The fourth-order valence-electron chi connectivity index (χ4n) is 3.32. The lowest BCUT2D eigenvalue weighted by atomic mass is 10.0. The van der Waals surface area contributed by atoms with Crippen LogP contribution in [0.25, 0.3) is 5.69 Å². The number of carbonyl (C=O) groups is 1. The van der Waals surface area contributed by atoms with Crippen molar-refractivity contribution < 1.29 is 9.53 Å². The van der Waals surface area contributed by atoms with Gasteiger partial charge in [-0.3, -0.25) is 4.79 Å². The van der Waals surface area contributed by atoms with E-state index < -0.39 is 0 Å². The lowest BCUT2D eigenvalue weighted by Gasteiger charge is -2.36. The molecular formula is C21H21N3O2. The van der Waals surface area contributed by atoms with Crippen LogP contribution in [0, 0.1) is 0 Å². The van der Waals surface area contributed by atoms with Gasteiger partial charge < -0.3 is 9.64 Å². The van der Waals surface area contributed by atoms with E-state index in [4.69, 9.17) is 4.74 Å². The average molecular weight is 347 g/mol. The number of benzene rings is 2. The normalized spacial score (nSPS) is 17.2. The Bertz CT molecular complexity index is 845. The molecule has 0 radical (unpaired) electrons. The highest BCUT2D eigenvalue weighted by atomic mass is 16.5. The van der Waals surface area contributed by atoms with Crippen LogP contribution in [0.4, 0.5) is 0 Å². The van der Waals surface area contributed by atoms with E-state index in [1.54, 1.807) is 10.9 Å². The van der Waals surface area contributed by atoms with Crippen molar-refractivity contribution in [3.63, 3.8) is 0 Å². The van der Waals surface area contributed by atoms with Crippen LogP contribution in [0.15, 0.2) is 73.1 Å². The molecule has 0 N–H and O–H groups in total. The van der Waals surface area contributed by atoms with Gasteiger partial charge in [0.1, 0.15) is 0 Å². The number of amides is 1. The number of nitrogens with zero attached hydrogens (tertiary/aromatic N) is 3. The maximum absolute atomic E-state index is 12.9. The highest BCUT2D eigenvalue weighted by Gasteiger charge is 2.28. The molecule has 0 bridgehead atoms. The second-order valence-electron chi connectivity index (χ2n) is 6.38. The quantitative estimate of drug-likeness (QED) is 0.729. The number of hydrogen-bond donors (Lipinski definition) is 0. The molecule has 1 aliphatic heterocycles. The summed E-state index contributed by atoms with van der Waals surface area (Å²) in [7, 11) is 0. The largest absolute Gasteiger partial charge is 0.377 e. The van der Waals surface area contributed by atoms with Crippen molar-refractivity contribution in [2.24, 2.45) is 0 Å². The summed E-state index contributed by atoms with van der Waals surface area (Å²) in [6.07, 6.45) is 4.04. The fourth-order valence-corrected chi connectivity index (χ4v) is 3.32. The van der Waals surface area contributed by atoms with Crippen molar-refractivity contribution in [3.05, 3.63) is 84.2 Å². The average Bonchev–Trinajstić information content (AvgIpc) is 3.24. The van der Waals surface area contributed by atoms with Gasteiger partial charge in [0, 0.05) is 18.9 Å². The molecule has 0 saturated carbocycles. The monoisotopic (exact) mass is 347 g/mol. The zero-order valence-electron chi connectivity index (χ0n) is 14.5. The van der Waals surface area contributed by atoms with Gasteiger partial charge in [-0.2, -0.15) is 5.10 Å². The third-order valence-corrected chi connectivity index (χ3v) is 4.69. The Balaban J connectivity index is 1.48. The number of ether oxygens (including phenoxy) is 1. The Morgan fingerprint density at radius 3 is 2.62 bits per heavy atom. The minimum absolute atomic E-state index is 0.0132. The summed E-state index contributed by atoms with van der Waals surface area (Å²) in [6, 6.07) is 19.9. The molecular weight excluding hydrogens is 326 g/mol. The van der Waals surface area contributed by atoms with Gasteiger partial charge in [-0.1, -0.05) is 42.5 Å². The summed E-state index contributed by atoms with van der Waals surface area (Å²) >= 11 is 0. The standard InChI is InChI=1S/C21H21N3O2/c25-21(15-17-7-9-19(10-8-17)24-12-4-11-22-24)23-13-14-26-16-20(23)18-5-2-1-3-6-18/h1-12,20H,13-16H2/t20-/m1/s1. The van der Waals surface area contributed by atoms with Crippen molar-refractivity contribution >= 4 is 5.91 Å². The maximum atomic E-state index is 12.9. The molecule has 1 saturated heterocycles. The van der Waals surface area contributed by atoms with Crippen molar-refractivity contribution in [2.45, 2.75) is 12.5 Å². The molecule has 1 aliphatic rings. The highest BCUT2D eigenvalue weighted by molar-refractivity contribution is 5.79. The molecule has 5 nitrogen and oxygen atoms in total. The van der Waals surface area contributed by atoms with Crippen LogP contribution in [-0.4, -0.2) is 40.3 Å². The van der Waals surface area contributed by atoms with Crippen LogP contribution in [0.5, 0.6) is 0 Å². The molecule has 5 heteroatoms.